The number of aliphatic carboxylic acids is 1. The van der Waals surface area contributed by atoms with Gasteiger partial charge in [0.1, 0.15) is 11.6 Å². The molecule has 1 unspecified atom stereocenters. The van der Waals surface area contributed by atoms with E-state index in [2.05, 4.69) is 20.9 Å². The molecule has 0 saturated heterocycles. The van der Waals surface area contributed by atoms with Crippen molar-refractivity contribution in [1.29, 1.82) is 0 Å². The SMILES string of the molecule is CC(CCc1ccco1)NC(=O)NCCCNc1ccccn1.O=C(O)C(F)(F)F. The normalized spacial score (nSPS) is 11.6. The van der Waals surface area contributed by atoms with Gasteiger partial charge in [-0.25, -0.2) is 14.6 Å². The number of anilines is 1. The number of carbonyl (C=O) groups excluding carboxylic acids is 1. The zero-order valence-electron chi connectivity index (χ0n) is 16.4. The van der Waals surface area contributed by atoms with Crippen LogP contribution in [0.15, 0.2) is 47.2 Å². The van der Waals surface area contributed by atoms with Crippen molar-refractivity contribution in [3.8, 4) is 0 Å². The molecule has 1 atom stereocenters. The van der Waals surface area contributed by atoms with Crippen molar-refractivity contribution in [1.82, 2.24) is 15.6 Å². The lowest BCUT2D eigenvalue weighted by Gasteiger charge is -2.14. The molecule has 0 aromatic carbocycles. The fourth-order valence-corrected chi connectivity index (χ4v) is 2.13. The number of carbonyl (C=O) groups is 2. The van der Waals surface area contributed by atoms with Crippen LogP contribution in [0.25, 0.3) is 0 Å². The second-order valence-electron chi connectivity index (χ2n) is 6.22. The molecule has 0 bridgehead atoms. The number of hydrogen-bond donors (Lipinski definition) is 4. The van der Waals surface area contributed by atoms with Gasteiger partial charge in [0.05, 0.1) is 6.26 Å². The summed E-state index contributed by atoms with van der Waals surface area (Å²) in [5.74, 6) is -0.962. The van der Waals surface area contributed by atoms with Gasteiger partial charge in [-0.05, 0) is 44.0 Å². The summed E-state index contributed by atoms with van der Waals surface area (Å²) in [7, 11) is 0. The summed E-state index contributed by atoms with van der Waals surface area (Å²) in [5, 5.41) is 16.1. The number of nitrogens with one attached hydrogen (secondary N) is 3. The molecule has 2 amide bonds. The number of carboxylic acids is 1. The molecule has 0 fully saturated rings. The average Bonchev–Trinajstić information content (AvgIpc) is 3.20. The molecule has 2 rings (SSSR count). The van der Waals surface area contributed by atoms with E-state index in [0.29, 0.717) is 6.54 Å². The number of aryl methyl sites for hydroxylation is 1. The molecule has 11 heteroatoms. The third-order valence-electron chi connectivity index (χ3n) is 3.63. The molecule has 166 valence electrons. The van der Waals surface area contributed by atoms with Crippen LogP contribution in [0.4, 0.5) is 23.8 Å². The third-order valence-corrected chi connectivity index (χ3v) is 3.63. The molecule has 0 radical (unpaired) electrons. The van der Waals surface area contributed by atoms with Crippen molar-refractivity contribution in [2.45, 2.75) is 38.4 Å². The van der Waals surface area contributed by atoms with Crippen LogP contribution in [-0.2, 0) is 11.2 Å². The Morgan fingerprint density at radius 1 is 1.20 bits per heavy atom. The van der Waals surface area contributed by atoms with Crippen LogP contribution >= 0.6 is 0 Å². The van der Waals surface area contributed by atoms with E-state index in [-0.39, 0.29) is 12.1 Å². The van der Waals surface area contributed by atoms with Crippen molar-refractivity contribution >= 4 is 17.8 Å². The molecule has 2 heterocycles. The first-order chi connectivity index (χ1) is 14.2. The maximum absolute atomic E-state index is 11.8. The number of pyridine rings is 1. The zero-order valence-corrected chi connectivity index (χ0v) is 16.4. The average molecular weight is 430 g/mol. The first-order valence-corrected chi connectivity index (χ1v) is 9.20. The van der Waals surface area contributed by atoms with E-state index in [1.54, 1.807) is 12.5 Å². The van der Waals surface area contributed by atoms with Gasteiger partial charge in [-0.15, -0.1) is 0 Å². The topological polar surface area (TPSA) is 116 Å². The van der Waals surface area contributed by atoms with Gasteiger partial charge >= 0.3 is 18.2 Å². The van der Waals surface area contributed by atoms with Crippen molar-refractivity contribution in [3.63, 3.8) is 0 Å². The molecule has 0 aliphatic heterocycles. The van der Waals surface area contributed by atoms with Gasteiger partial charge < -0.3 is 25.5 Å². The zero-order chi connectivity index (χ0) is 22.4. The molecule has 30 heavy (non-hydrogen) atoms. The number of nitrogens with zero attached hydrogens (tertiary/aromatic N) is 1. The number of furan rings is 1. The summed E-state index contributed by atoms with van der Waals surface area (Å²) in [5.41, 5.74) is 0. The Kier molecular flexibility index (Phi) is 10.8. The number of halogens is 3. The van der Waals surface area contributed by atoms with Crippen molar-refractivity contribution < 1.29 is 32.3 Å². The third kappa shape index (κ3) is 11.6. The second kappa shape index (κ2) is 13.1. The largest absolute Gasteiger partial charge is 0.490 e. The van der Waals surface area contributed by atoms with Gasteiger partial charge in [-0.2, -0.15) is 13.2 Å². The number of amides is 2. The van der Waals surface area contributed by atoms with E-state index in [1.807, 2.05) is 37.3 Å². The Balaban J connectivity index is 0.000000553. The van der Waals surface area contributed by atoms with Crippen molar-refractivity contribution in [3.05, 3.63) is 48.6 Å². The van der Waals surface area contributed by atoms with Crippen LogP contribution < -0.4 is 16.0 Å². The summed E-state index contributed by atoms with van der Waals surface area (Å²) >= 11 is 0. The van der Waals surface area contributed by atoms with E-state index in [9.17, 15) is 18.0 Å². The van der Waals surface area contributed by atoms with Crippen LogP contribution in [0.1, 0.15) is 25.5 Å². The number of alkyl halides is 3. The maximum Gasteiger partial charge on any atom is 0.490 e. The standard InChI is InChI=1S/C17H24N4O2.C2HF3O2/c1-14(8-9-15-6-4-13-23-15)21-17(22)20-12-5-11-19-16-7-2-3-10-18-16;3-2(4,5)1(6)7/h2-4,6-7,10,13-14H,5,8-9,11-12H2,1H3,(H,18,19)(H2,20,21,22);(H,6,7). The lowest BCUT2D eigenvalue weighted by Crippen LogP contribution is -2.41. The number of hydrogen-bond acceptors (Lipinski definition) is 5. The van der Waals surface area contributed by atoms with E-state index in [1.165, 1.54) is 0 Å². The molecule has 0 saturated carbocycles. The van der Waals surface area contributed by atoms with Crippen LogP contribution in [0.2, 0.25) is 0 Å². The fourth-order valence-electron chi connectivity index (χ4n) is 2.13. The number of rotatable bonds is 9. The number of urea groups is 1. The smallest absolute Gasteiger partial charge is 0.475 e. The Hall–Kier alpha value is -3.24. The minimum absolute atomic E-state index is 0.103. The summed E-state index contributed by atoms with van der Waals surface area (Å²) in [4.78, 5) is 24.8. The predicted octanol–water partition coefficient (Wildman–Crippen LogP) is 3.43. The van der Waals surface area contributed by atoms with Gasteiger partial charge in [-0.3, -0.25) is 0 Å². The van der Waals surface area contributed by atoms with Crippen molar-refractivity contribution in [2.24, 2.45) is 0 Å². The van der Waals surface area contributed by atoms with E-state index < -0.39 is 12.1 Å². The highest BCUT2D eigenvalue weighted by molar-refractivity contribution is 5.74. The Morgan fingerprint density at radius 3 is 2.50 bits per heavy atom. The van der Waals surface area contributed by atoms with E-state index in [4.69, 9.17) is 14.3 Å². The van der Waals surface area contributed by atoms with Gasteiger partial charge in [0.2, 0.25) is 0 Å². The lowest BCUT2D eigenvalue weighted by atomic mass is 10.1. The maximum atomic E-state index is 11.8. The summed E-state index contributed by atoms with van der Waals surface area (Å²) in [6.07, 6.45) is 0.840. The monoisotopic (exact) mass is 430 g/mol. The Morgan fingerprint density at radius 2 is 1.93 bits per heavy atom. The summed E-state index contributed by atoms with van der Waals surface area (Å²) in [6.45, 7) is 3.38. The molecule has 8 nitrogen and oxygen atoms in total. The predicted molar refractivity (Wildman–Crippen MR) is 104 cm³/mol. The molecule has 2 aromatic heterocycles. The lowest BCUT2D eigenvalue weighted by molar-refractivity contribution is -0.192. The van der Waals surface area contributed by atoms with E-state index >= 15 is 0 Å². The highest BCUT2D eigenvalue weighted by atomic mass is 19.4. The van der Waals surface area contributed by atoms with Crippen molar-refractivity contribution in [2.75, 3.05) is 18.4 Å². The van der Waals surface area contributed by atoms with Gasteiger partial charge in [-0.1, -0.05) is 6.07 Å². The second-order valence-corrected chi connectivity index (χ2v) is 6.22. The van der Waals surface area contributed by atoms with Crippen LogP contribution in [0, 0.1) is 0 Å². The molecule has 0 spiro atoms. The molecular formula is C19H25F3N4O4. The molecule has 4 N–H and O–H groups in total. The summed E-state index contributed by atoms with van der Waals surface area (Å²) in [6, 6.07) is 9.53. The Bertz CT molecular complexity index is 740. The van der Waals surface area contributed by atoms with Gasteiger partial charge in [0, 0.05) is 31.7 Å². The summed E-state index contributed by atoms with van der Waals surface area (Å²) < 4.78 is 37.0. The molecule has 2 aromatic rings. The fraction of sp³-hybridized carbons (Fsp3) is 0.421. The van der Waals surface area contributed by atoms with E-state index in [0.717, 1.165) is 37.4 Å². The van der Waals surface area contributed by atoms with Gasteiger partial charge in [0.25, 0.3) is 0 Å². The number of carboxylic acid groups (broad SMARTS) is 1. The first kappa shape index (κ1) is 24.8. The molecule has 0 aliphatic rings. The van der Waals surface area contributed by atoms with Crippen LogP contribution in [-0.4, -0.2) is 47.4 Å². The minimum Gasteiger partial charge on any atom is -0.475 e. The molecular weight excluding hydrogens is 405 g/mol. The highest BCUT2D eigenvalue weighted by Gasteiger charge is 2.38. The molecule has 0 aliphatic carbocycles. The Labute approximate surface area is 171 Å². The quantitative estimate of drug-likeness (QED) is 0.453. The minimum atomic E-state index is -5.08. The highest BCUT2D eigenvalue weighted by Crippen LogP contribution is 2.13. The van der Waals surface area contributed by atoms with Crippen LogP contribution in [0.3, 0.4) is 0 Å². The van der Waals surface area contributed by atoms with Crippen LogP contribution in [0.5, 0.6) is 0 Å². The number of aromatic nitrogens is 1. The van der Waals surface area contributed by atoms with Gasteiger partial charge in [0.15, 0.2) is 0 Å². The first-order valence-electron chi connectivity index (χ1n) is 9.20.